The first kappa shape index (κ1) is 25.3. The van der Waals surface area contributed by atoms with Crippen LogP contribution in [0.25, 0.3) is 17.2 Å². The van der Waals surface area contributed by atoms with E-state index >= 15 is 0 Å². The number of rotatable bonds is 5. The van der Waals surface area contributed by atoms with Crippen LogP contribution in [0.15, 0.2) is 83.3 Å². The van der Waals surface area contributed by atoms with Gasteiger partial charge in [0, 0.05) is 9.50 Å². The molecule has 0 aliphatic rings. The molecule has 0 aliphatic carbocycles. The Morgan fingerprint density at radius 1 is 0.938 bits per heavy atom. The Hall–Kier alpha value is -2.93. The number of carbonyl (C=O) groups excluding carboxylic acids is 1. The molecule has 0 unspecified atom stereocenters. The predicted octanol–water partition coefficient (Wildman–Crippen LogP) is 4.87. The largest absolute Gasteiger partial charge is 0.539 e. The number of nitrogens with zero attached hydrogens (tertiary/aromatic N) is 1. The summed E-state index contributed by atoms with van der Waals surface area (Å²) in [5.74, 6) is -4.01. The number of halogens is 2. The van der Waals surface area contributed by atoms with Gasteiger partial charge in [-0.15, -0.1) is 0 Å². The van der Waals surface area contributed by atoms with Crippen LogP contribution in [0.1, 0.15) is 5.56 Å². The van der Waals surface area contributed by atoms with Gasteiger partial charge in [0.05, 0.1) is 14.1 Å². The molecule has 0 radical (unpaired) electrons. The van der Waals surface area contributed by atoms with Crippen LogP contribution in [0.3, 0.4) is 0 Å². The average molecular weight is 517 g/mol. The third-order valence-corrected chi connectivity index (χ3v) is 5.44. The van der Waals surface area contributed by atoms with Crippen molar-refractivity contribution in [2.24, 2.45) is 0 Å². The van der Waals surface area contributed by atoms with Gasteiger partial charge in [0.25, 0.3) is 0 Å². The van der Waals surface area contributed by atoms with E-state index in [4.69, 9.17) is 31.4 Å². The molecule has 0 heterocycles. The van der Waals surface area contributed by atoms with E-state index in [1.165, 1.54) is 22.4 Å². The Labute approximate surface area is 200 Å². The van der Waals surface area contributed by atoms with Gasteiger partial charge in [-0.1, -0.05) is 57.9 Å². The van der Waals surface area contributed by atoms with E-state index in [2.05, 4.69) is 90.7 Å². The van der Waals surface area contributed by atoms with Crippen LogP contribution < -0.4 is 9.59 Å². The molecule has 166 valence electrons. The summed E-state index contributed by atoms with van der Waals surface area (Å²) in [5, 5.41) is 17.1. The van der Waals surface area contributed by atoms with Crippen molar-refractivity contribution in [1.29, 1.82) is 0 Å². The summed E-state index contributed by atoms with van der Waals surface area (Å²) in [6.45, 7) is 0.917. The highest BCUT2D eigenvalue weighted by Gasteiger charge is 2.17. The number of likely N-dealkylation sites (N-methyl/N-ethyl adjacent to an activating group) is 1. The molecule has 0 saturated carbocycles. The second-order valence-electron chi connectivity index (χ2n) is 7.47. The quantitative estimate of drug-likeness (QED) is 0.388. The van der Waals surface area contributed by atoms with E-state index in [1.807, 2.05) is 24.3 Å². The molecule has 0 bridgehead atoms. The highest BCUT2D eigenvalue weighted by Crippen LogP contribution is 2.26. The molecule has 0 atom stereocenters. The monoisotopic (exact) mass is 515 g/mol. The van der Waals surface area contributed by atoms with E-state index in [1.54, 1.807) is 0 Å². The van der Waals surface area contributed by atoms with Gasteiger partial charge in [-0.05, 0) is 71.3 Å². The van der Waals surface area contributed by atoms with Gasteiger partial charge in [0.1, 0.15) is 12.2 Å². The van der Waals surface area contributed by atoms with Gasteiger partial charge in [-0.2, -0.15) is 0 Å². The first-order valence-electron chi connectivity index (χ1n) is 9.64. The van der Waals surface area contributed by atoms with Crippen LogP contribution in [0.2, 0.25) is 5.02 Å². The van der Waals surface area contributed by atoms with Crippen LogP contribution in [0.4, 0.5) is 5.69 Å². The fourth-order valence-electron chi connectivity index (χ4n) is 2.83. The number of quaternary nitrogens is 1. The Balaban J connectivity index is 0.000000534. The summed E-state index contributed by atoms with van der Waals surface area (Å²) < 4.78 is 1.90. The third-order valence-electron chi connectivity index (χ3n) is 4.66. The number of hydrogen-bond acceptors (Lipinski definition) is 3. The number of aliphatic carboxylic acids is 2. The summed E-state index contributed by atoms with van der Waals surface area (Å²) in [5.41, 5.74) is 4.91. The molecule has 0 saturated heterocycles. The van der Waals surface area contributed by atoms with E-state index < -0.39 is 11.9 Å². The SMILES string of the molecule is C[N+](C)(C/C=C/c1ccc(Cl)cc1)c1ccc(-c2ccc(Br)cc2)cc1.O=C([O-])C(=O)O. The van der Waals surface area contributed by atoms with E-state index in [0.717, 1.165) is 20.5 Å². The normalized spacial score (nSPS) is 11.0. The molecule has 32 heavy (non-hydrogen) atoms. The molecular formula is C25H23BrClNO4. The Morgan fingerprint density at radius 2 is 1.41 bits per heavy atom. The number of carbonyl (C=O) groups is 2. The smallest absolute Gasteiger partial charge is 0.351 e. The lowest BCUT2D eigenvalue weighted by atomic mass is 10.1. The van der Waals surface area contributed by atoms with Crippen molar-refractivity contribution in [3.05, 3.63) is 93.9 Å². The van der Waals surface area contributed by atoms with Crippen molar-refractivity contribution < 1.29 is 19.8 Å². The van der Waals surface area contributed by atoms with E-state index in [0.29, 0.717) is 0 Å². The Morgan fingerprint density at radius 3 is 1.88 bits per heavy atom. The zero-order chi connectivity index (χ0) is 23.7. The van der Waals surface area contributed by atoms with E-state index in [9.17, 15) is 0 Å². The topological polar surface area (TPSA) is 77.4 Å². The van der Waals surface area contributed by atoms with Crippen molar-refractivity contribution in [3.63, 3.8) is 0 Å². The fourth-order valence-corrected chi connectivity index (χ4v) is 3.22. The minimum Gasteiger partial charge on any atom is -0.539 e. The first-order chi connectivity index (χ1) is 15.1. The van der Waals surface area contributed by atoms with Crippen LogP contribution in [-0.2, 0) is 9.59 Å². The van der Waals surface area contributed by atoms with Crippen LogP contribution >= 0.6 is 27.5 Å². The second-order valence-corrected chi connectivity index (χ2v) is 8.82. The molecule has 7 heteroatoms. The number of hydrogen-bond donors (Lipinski definition) is 1. The van der Waals surface area contributed by atoms with Crippen LogP contribution in [-0.4, -0.2) is 37.7 Å². The molecule has 0 aromatic heterocycles. The zero-order valence-corrected chi connectivity index (χ0v) is 20.0. The maximum absolute atomic E-state index is 9.04. The Kier molecular flexibility index (Phi) is 9.20. The summed E-state index contributed by atoms with van der Waals surface area (Å²) in [6.07, 6.45) is 4.36. The average Bonchev–Trinajstić information content (AvgIpc) is 2.76. The highest BCUT2D eigenvalue weighted by atomic mass is 79.9. The van der Waals surface area contributed by atoms with Crippen molar-refractivity contribution in [2.45, 2.75) is 0 Å². The van der Waals surface area contributed by atoms with Crippen molar-refractivity contribution in [2.75, 3.05) is 20.6 Å². The molecule has 3 aromatic carbocycles. The van der Waals surface area contributed by atoms with E-state index in [-0.39, 0.29) is 0 Å². The second kappa shape index (κ2) is 11.6. The lowest BCUT2D eigenvalue weighted by Crippen LogP contribution is -2.40. The number of benzene rings is 3. The maximum atomic E-state index is 9.04. The zero-order valence-electron chi connectivity index (χ0n) is 17.7. The fraction of sp³-hybridized carbons (Fsp3) is 0.120. The lowest BCUT2D eigenvalue weighted by Gasteiger charge is -2.28. The lowest BCUT2D eigenvalue weighted by molar-refractivity contribution is -0.303. The van der Waals surface area contributed by atoms with Gasteiger partial charge in [0.15, 0.2) is 5.97 Å². The molecule has 0 spiro atoms. The minimum absolute atomic E-state index is 0.768. The highest BCUT2D eigenvalue weighted by molar-refractivity contribution is 9.10. The summed E-state index contributed by atoms with van der Waals surface area (Å²) in [7, 11) is 4.45. The third kappa shape index (κ3) is 7.96. The van der Waals surface area contributed by atoms with Crippen molar-refractivity contribution in [1.82, 2.24) is 4.48 Å². The predicted molar refractivity (Wildman–Crippen MR) is 131 cm³/mol. The van der Waals surface area contributed by atoms with Crippen molar-refractivity contribution >= 4 is 51.2 Å². The van der Waals surface area contributed by atoms with Crippen LogP contribution in [0, 0.1) is 0 Å². The van der Waals surface area contributed by atoms with Gasteiger partial charge in [-0.25, -0.2) is 4.79 Å². The molecule has 5 nitrogen and oxygen atoms in total. The molecule has 3 rings (SSSR count). The standard InChI is InChI=1S/C23H22BrClN.C2H2O4/c1-26(2,17-3-4-18-5-13-22(25)14-6-18)23-15-9-20(10-16-23)19-7-11-21(24)12-8-19;3-1(4)2(5)6/h3-16H,17H2,1-2H3;(H,3,4)(H,5,6)/q+1;/p-1/b4-3+;. The first-order valence-corrected chi connectivity index (χ1v) is 10.8. The van der Waals surface area contributed by atoms with Gasteiger partial charge in [0.2, 0.25) is 0 Å². The van der Waals surface area contributed by atoms with Crippen LogP contribution in [0.5, 0.6) is 0 Å². The van der Waals surface area contributed by atoms with Crippen molar-refractivity contribution in [3.8, 4) is 11.1 Å². The maximum Gasteiger partial charge on any atom is 0.351 e. The molecule has 0 aliphatic heterocycles. The van der Waals surface area contributed by atoms with Gasteiger partial charge >= 0.3 is 5.97 Å². The molecule has 3 aromatic rings. The summed E-state index contributed by atoms with van der Waals surface area (Å²) in [6, 6.07) is 25.1. The number of carboxylic acid groups (broad SMARTS) is 2. The molecule has 1 N–H and O–H groups in total. The molecular weight excluding hydrogens is 494 g/mol. The Bertz CT molecular complexity index is 1060. The number of carboxylic acids is 2. The molecule has 0 fully saturated rings. The van der Waals surface area contributed by atoms with Gasteiger partial charge < -0.3 is 15.0 Å². The molecule has 0 amide bonds. The summed E-state index contributed by atoms with van der Waals surface area (Å²) >= 11 is 9.42. The van der Waals surface area contributed by atoms with Gasteiger partial charge in [-0.3, -0.25) is 4.48 Å². The summed E-state index contributed by atoms with van der Waals surface area (Å²) in [4.78, 5) is 18.0. The minimum atomic E-state index is -2.07.